The van der Waals surface area contributed by atoms with E-state index in [2.05, 4.69) is 17.4 Å². The molecule has 1 atom stereocenters. The van der Waals surface area contributed by atoms with Crippen LogP contribution in [-0.4, -0.2) is 34.6 Å². The smallest absolute Gasteiger partial charge is 0.242 e. The first kappa shape index (κ1) is 24.6. The average molecular weight is 467 g/mol. The fourth-order valence-corrected chi connectivity index (χ4v) is 4.29. The third-order valence-corrected chi connectivity index (χ3v) is 6.11. The molecule has 0 aliphatic carbocycles. The van der Waals surface area contributed by atoms with Crippen LogP contribution < -0.4 is 5.32 Å². The van der Waals surface area contributed by atoms with Gasteiger partial charge in [-0.1, -0.05) is 59.1 Å². The van der Waals surface area contributed by atoms with Crippen molar-refractivity contribution in [2.45, 2.75) is 52.1 Å². The Hall–Kier alpha value is -1.69. The van der Waals surface area contributed by atoms with Crippen LogP contribution >= 0.6 is 35.0 Å². The molecule has 1 N–H and O–H groups in total. The molecule has 0 aromatic heterocycles. The molecule has 2 rings (SSSR count). The normalized spacial score (nSPS) is 12.0. The number of hydrogen-bond acceptors (Lipinski definition) is 3. The van der Waals surface area contributed by atoms with Crippen molar-refractivity contribution in [2.75, 3.05) is 5.75 Å². The molecular weight excluding hydrogens is 439 g/mol. The van der Waals surface area contributed by atoms with Gasteiger partial charge >= 0.3 is 0 Å². The molecule has 7 heteroatoms. The van der Waals surface area contributed by atoms with Gasteiger partial charge in [0.05, 0.1) is 5.75 Å². The summed E-state index contributed by atoms with van der Waals surface area (Å²) in [5.74, 6) is 0.714. The van der Waals surface area contributed by atoms with Crippen LogP contribution in [0, 0.1) is 6.92 Å². The third kappa shape index (κ3) is 7.53. The molecule has 0 aliphatic heterocycles. The zero-order valence-electron chi connectivity index (χ0n) is 17.7. The van der Waals surface area contributed by atoms with Crippen molar-refractivity contribution in [2.24, 2.45) is 0 Å². The van der Waals surface area contributed by atoms with Crippen molar-refractivity contribution in [3.63, 3.8) is 0 Å². The lowest BCUT2D eigenvalue weighted by Gasteiger charge is -2.29. The predicted molar refractivity (Wildman–Crippen MR) is 127 cm³/mol. The lowest BCUT2D eigenvalue weighted by Crippen LogP contribution is -2.49. The van der Waals surface area contributed by atoms with E-state index in [4.69, 9.17) is 23.2 Å². The summed E-state index contributed by atoms with van der Waals surface area (Å²) in [6, 6.07) is 12.8. The van der Waals surface area contributed by atoms with Gasteiger partial charge in [-0.15, -0.1) is 11.8 Å². The minimum Gasteiger partial charge on any atom is -0.352 e. The van der Waals surface area contributed by atoms with Crippen LogP contribution in [0.25, 0.3) is 0 Å². The number of aryl methyl sites for hydroxylation is 1. The molecule has 0 saturated carbocycles. The molecule has 0 unspecified atom stereocenters. The number of nitrogens with zero attached hydrogens (tertiary/aromatic N) is 1. The summed E-state index contributed by atoms with van der Waals surface area (Å²) in [5, 5.41) is 3.89. The highest BCUT2D eigenvalue weighted by Crippen LogP contribution is 2.24. The van der Waals surface area contributed by atoms with Crippen molar-refractivity contribution in [1.82, 2.24) is 10.2 Å². The Morgan fingerprint density at radius 3 is 2.47 bits per heavy atom. The summed E-state index contributed by atoms with van der Waals surface area (Å²) in [5.41, 5.74) is 3.12. The maximum atomic E-state index is 13.1. The Kier molecular flexibility index (Phi) is 9.53. The Morgan fingerprint density at radius 2 is 1.83 bits per heavy atom. The minimum atomic E-state index is -0.619. The maximum absolute atomic E-state index is 13.1. The lowest BCUT2D eigenvalue weighted by molar-refractivity contribution is -0.138. The molecule has 0 spiro atoms. The van der Waals surface area contributed by atoms with Crippen molar-refractivity contribution in [3.05, 3.63) is 69.2 Å². The highest BCUT2D eigenvalue weighted by atomic mass is 35.5. The quantitative estimate of drug-likeness (QED) is 0.532. The van der Waals surface area contributed by atoms with E-state index in [1.165, 1.54) is 22.9 Å². The summed E-state index contributed by atoms with van der Waals surface area (Å²) in [6.45, 7) is 7.82. The van der Waals surface area contributed by atoms with Crippen LogP contribution in [0.3, 0.4) is 0 Å². The second kappa shape index (κ2) is 11.6. The van der Waals surface area contributed by atoms with Crippen LogP contribution in [0.15, 0.2) is 42.5 Å². The second-order valence-corrected chi connectivity index (χ2v) is 9.41. The highest BCUT2D eigenvalue weighted by molar-refractivity contribution is 7.99. The number of benzene rings is 2. The minimum absolute atomic E-state index is 0.00767. The molecule has 30 heavy (non-hydrogen) atoms. The van der Waals surface area contributed by atoms with Crippen LogP contribution in [0.1, 0.15) is 37.5 Å². The fraction of sp³-hybridized carbons (Fsp3) is 0.391. The first-order valence-electron chi connectivity index (χ1n) is 9.84. The maximum Gasteiger partial charge on any atom is 0.242 e. The van der Waals surface area contributed by atoms with E-state index < -0.39 is 6.04 Å². The van der Waals surface area contributed by atoms with E-state index in [-0.39, 0.29) is 30.2 Å². The van der Waals surface area contributed by atoms with Crippen LogP contribution in [0.4, 0.5) is 0 Å². The molecular formula is C23H28Cl2N2O2S. The zero-order chi connectivity index (χ0) is 22.3. The van der Waals surface area contributed by atoms with E-state index in [9.17, 15) is 9.59 Å². The highest BCUT2D eigenvalue weighted by Gasteiger charge is 2.27. The molecule has 2 amide bonds. The SMILES string of the molecule is Cc1cccc(CSCC(=O)N(Cc2ccc(Cl)cc2Cl)[C@H](C)C(=O)NC(C)C)c1. The molecule has 0 heterocycles. The number of thioether (sulfide) groups is 1. The molecule has 2 aromatic carbocycles. The van der Waals surface area contributed by atoms with E-state index in [0.29, 0.717) is 10.0 Å². The van der Waals surface area contributed by atoms with Crippen molar-refractivity contribution >= 4 is 46.8 Å². The molecule has 2 aromatic rings. The summed E-state index contributed by atoms with van der Waals surface area (Å²) in [6.07, 6.45) is 0. The van der Waals surface area contributed by atoms with Gasteiger partial charge in [0.1, 0.15) is 6.04 Å². The zero-order valence-corrected chi connectivity index (χ0v) is 20.1. The number of amides is 2. The van der Waals surface area contributed by atoms with Gasteiger partial charge in [-0.25, -0.2) is 0 Å². The van der Waals surface area contributed by atoms with Crippen LogP contribution in [0.5, 0.6) is 0 Å². The third-order valence-electron chi connectivity index (χ3n) is 4.53. The number of carbonyl (C=O) groups is 2. The van der Waals surface area contributed by atoms with Gasteiger partial charge in [0.15, 0.2) is 0 Å². The monoisotopic (exact) mass is 466 g/mol. The van der Waals surface area contributed by atoms with Gasteiger partial charge in [0.2, 0.25) is 11.8 Å². The number of carbonyl (C=O) groups excluding carboxylic acids is 2. The van der Waals surface area contributed by atoms with E-state index in [0.717, 1.165) is 11.3 Å². The molecule has 0 aliphatic rings. The van der Waals surface area contributed by atoms with Crippen molar-refractivity contribution in [3.8, 4) is 0 Å². The number of rotatable bonds is 9. The Balaban J connectivity index is 2.12. The Bertz CT molecular complexity index is 889. The van der Waals surface area contributed by atoms with Crippen molar-refractivity contribution in [1.29, 1.82) is 0 Å². The van der Waals surface area contributed by atoms with Gasteiger partial charge in [0.25, 0.3) is 0 Å². The molecule has 162 valence electrons. The van der Waals surface area contributed by atoms with Gasteiger partial charge in [0, 0.05) is 28.4 Å². The van der Waals surface area contributed by atoms with Crippen molar-refractivity contribution < 1.29 is 9.59 Å². The summed E-state index contributed by atoms with van der Waals surface area (Å²) in [7, 11) is 0. The molecule has 0 radical (unpaired) electrons. The number of nitrogens with one attached hydrogen (secondary N) is 1. The van der Waals surface area contributed by atoms with Crippen LogP contribution in [0.2, 0.25) is 10.0 Å². The Labute approximate surface area is 193 Å². The Morgan fingerprint density at radius 1 is 1.10 bits per heavy atom. The predicted octanol–water partition coefficient (Wildman–Crippen LogP) is 5.48. The summed E-state index contributed by atoms with van der Waals surface area (Å²) >= 11 is 13.8. The summed E-state index contributed by atoms with van der Waals surface area (Å²) < 4.78 is 0. The fourth-order valence-electron chi connectivity index (χ4n) is 2.96. The average Bonchev–Trinajstić information content (AvgIpc) is 2.66. The van der Waals surface area contributed by atoms with Gasteiger partial charge < -0.3 is 10.2 Å². The van der Waals surface area contributed by atoms with Gasteiger partial charge in [-0.05, 0) is 51.0 Å². The number of hydrogen-bond donors (Lipinski definition) is 1. The largest absolute Gasteiger partial charge is 0.352 e. The standard InChI is InChI=1S/C23H28Cl2N2O2S/c1-15(2)26-23(29)17(4)27(12-19-8-9-20(24)11-21(19)25)22(28)14-30-13-18-7-5-6-16(3)10-18/h5-11,15,17H,12-14H2,1-4H3,(H,26,29)/t17-/m1/s1. The number of halogens is 2. The molecule has 4 nitrogen and oxygen atoms in total. The van der Waals surface area contributed by atoms with E-state index in [1.54, 1.807) is 30.0 Å². The lowest BCUT2D eigenvalue weighted by atomic mass is 10.1. The van der Waals surface area contributed by atoms with Gasteiger partial charge in [-0.3, -0.25) is 9.59 Å². The summed E-state index contributed by atoms with van der Waals surface area (Å²) in [4.78, 5) is 27.2. The topological polar surface area (TPSA) is 49.4 Å². The first-order valence-corrected chi connectivity index (χ1v) is 11.8. The molecule has 0 saturated heterocycles. The first-order chi connectivity index (χ1) is 14.2. The second-order valence-electron chi connectivity index (χ2n) is 7.58. The molecule has 0 bridgehead atoms. The van der Waals surface area contributed by atoms with Crippen LogP contribution in [-0.2, 0) is 21.9 Å². The molecule has 0 fully saturated rings. The van der Waals surface area contributed by atoms with Gasteiger partial charge in [-0.2, -0.15) is 0 Å². The van der Waals surface area contributed by atoms with E-state index in [1.807, 2.05) is 32.9 Å². The van der Waals surface area contributed by atoms with E-state index >= 15 is 0 Å².